The number of aromatic nitrogens is 4. The molecule has 0 saturated carbocycles. The molecule has 8 heteroatoms. The highest BCUT2D eigenvalue weighted by molar-refractivity contribution is 9.10. The van der Waals surface area contributed by atoms with Crippen LogP contribution in [0.25, 0.3) is 0 Å². The van der Waals surface area contributed by atoms with E-state index in [-0.39, 0.29) is 11.9 Å². The first-order valence-electron chi connectivity index (χ1n) is 5.07. The smallest absolute Gasteiger partial charge is 0.251 e. The third kappa shape index (κ3) is 2.85. The molecule has 0 aliphatic rings. The van der Waals surface area contributed by atoms with Gasteiger partial charge in [0.15, 0.2) is 5.82 Å². The molecule has 6 nitrogen and oxygen atoms in total. The Morgan fingerprint density at radius 3 is 2.94 bits per heavy atom. The molecule has 0 spiro atoms. The number of H-pyrrole nitrogens is 1. The van der Waals surface area contributed by atoms with E-state index in [0.717, 1.165) is 4.47 Å². The van der Waals surface area contributed by atoms with E-state index in [1.165, 1.54) is 0 Å². The lowest BCUT2D eigenvalue weighted by Gasteiger charge is -2.10. The van der Waals surface area contributed by atoms with Gasteiger partial charge in [-0.25, -0.2) is 0 Å². The molecule has 0 aliphatic carbocycles. The van der Waals surface area contributed by atoms with E-state index in [1.54, 1.807) is 25.1 Å². The summed E-state index contributed by atoms with van der Waals surface area (Å²) in [6, 6.07) is 4.65. The zero-order chi connectivity index (χ0) is 13.1. The number of hydrogen-bond donors (Lipinski definition) is 2. The van der Waals surface area contributed by atoms with Crippen LogP contribution in [0, 0.1) is 0 Å². The highest BCUT2D eigenvalue weighted by Gasteiger charge is 2.15. The minimum absolute atomic E-state index is 0.248. The van der Waals surface area contributed by atoms with E-state index in [1.807, 2.05) is 0 Å². The number of carbonyl (C=O) groups excluding carboxylic acids is 1. The number of benzene rings is 1. The van der Waals surface area contributed by atoms with Gasteiger partial charge in [-0.2, -0.15) is 5.21 Å². The minimum atomic E-state index is -0.335. The van der Waals surface area contributed by atoms with Crippen molar-refractivity contribution >= 4 is 33.4 Å². The second kappa shape index (κ2) is 5.45. The van der Waals surface area contributed by atoms with Gasteiger partial charge < -0.3 is 5.32 Å². The van der Waals surface area contributed by atoms with Crippen molar-refractivity contribution in [2.45, 2.75) is 13.0 Å². The van der Waals surface area contributed by atoms with Gasteiger partial charge in [0.05, 0.1) is 11.1 Å². The first-order valence-corrected chi connectivity index (χ1v) is 6.24. The Kier molecular flexibility index (Phi) is 3.93. The Morgan fingerprint density at radius 2 is 2.33 bits per heavy atom. The number of rotatable bonds is 3. The zero-order valence-corrected chi connectivity index (χ0v) is 11.7. The molecule has 1 unspecified atom stereocenters. The van der Waals surface area contributed by atoms with E-state index in [0.29, 0.717) is 16.4 Å². The fourth-order valence-electron chi connectivity index (χ4n) is 1.33. The number of carbonyl (C=O) groups is 1. The molecule has 1 aromatic carbocycles. The topological polar surface area (TPSA) is 83.6 Å². The van der Waals surface area contributed by atoms with Crippen LogP contribution in [0.4, 0.5) is 0 Å². The Bertz CT molecular complexity index is 559. The van der Waals surface area contributed by atoms with Crippen LogP contribution in [0.2, 0.25) is 5.02 Å². The van der Waals surface area contributed by atoms with Gasteiger partial charge in [0.25, 0.3) is 5.91 Å². The predicted octanol–water partition coefficient (Wildman–Crippen LogP) is 2.11. The number of aromatic amines is 1. The summed E-state index contributed by atoms with van der Waals surface area (Å²) in [6.45, 7) is 1.77. The lowest BCUT2D eigenvalue weighted by atomic mass is 10.2. The van der Waals surface area contributed by atoms with Gasteiger partial charge in [0.2, 0.25) is 0 Å². The third-order valence-corrected chi connectivity index (χ3v) is 3.51. The number of nitrogens with one attached hydrogen (secondary N) is 2. The predicted molar refractivity (Wildman–Crippen MR) is 69.2 cm³/mol. The number of nitrogens with zero attached hydrogens (tertiary/aromatic N) is 3. The van der Waals surface area contributed by atoms with Crippen LogP contribution in [0.1, 0.15) is 29.1 Å². The fraction of sp³-hybridized carbons (Fsp3) is 0.200. The Hall–Kier alpha value is -1.47. The molecule has 1 heterocycles. The van der Waals surface area contributed by atoms with Gasteiger partial charge in [-0.05, 0) is 41.1 Å². The molecule has 0 saturated heterocycles. The van der Waals surface area contributed by atoms with Crippen LogP contribution in [0.3, 0.4) is 0 Å². The fourth-order valence-corrected chi connectivity index (χ4v) is 1.76. The van der Waals surface area contributed by atoms with Crippen molar-refractivity contribution < 1.29 is 4.79 Å². The molecule has 94 valence electrons. The van der Waals surface area contributed by atoms with Gasteiger partial charge in [0, 0.05) is 10.0 Å². The van der Waals surface area contributed by atoms with Crippen molar-refractivity contribution in [1.82, 2.24) is 25.9 Å². The molecule has 1 amide bonds. The molecule has 0 aliphatic heterocycles. The molecule has 18 heavy (non-hydrogen) atoms. The van der Waals surface area contributed by atoms with Crippen LogP contribution in [-0.2, 0) is 0 Å². The van der Waals surface area contributed by atoms with E-state index in [4.69, 9.17) is 11.6 Å². The van der Waals surface area contributed by atoms with Crippen molar-refractivity contribution in [3.63, 3.8) is 0 Å². The van der Waals surface area contributed by atoms with Gasteiger partial charge in [-0.1, -0.05) is 16.8 Å². The summed E-state index contributed by atoms with van der Waals surface area (Å²) in [7, 11) is 0. The van der Waals surface area contributed by atoms with Crippen molar-refractivity contribution in [2.75, 3.05) is 0 Å². The van der Waals surface area contributed by atoms with Crippen LogP contribution in [0.15, 0.2) is 22.7 Å². The van der Waals surface area contributed by atoms with Gasteiger partial charge in [-0.15, -0.1) is 10.2 Å². The largest absolute Gasteiger partial charge is 0.342 e. The number of hydrogen-bond acceptors (Lipinski definition) is 4. The third-order valence-electron chi connectivity index (χ3n) is 2.28. The highest BCUT2D eigenvalue weighted by atomic mass is 79.9. The number of amides is 1. The average Bonchev–Trinajstić information content (AvgIpc) is 2.86. The Balaban J connectivity index is 2.10. The lowest BCUT2D eigenvalue weighted by molar-refractivity contribution is 0.0938. The second-order valence-electron chi connectivity index (χ2n) is 3.59. The van der Waals surface area contributed by atoms with Gasteiger partial charge >= 0.3 is 0 Å². The van der Waals surface area contributed by atoms with Crippen LogP contribution in [-0.4, -0.2) is 26.5 Å². The maximum atomic E-state index is 11.9. The molecular formula is C10H9BrClN5O. The van der Waals surface area contributed by atoms with Crippen molar-refractivity contribution in [2.24, 2.45) is 0 Å². The Labute approximate surface area is 116 Å². The summed E-state index contributed by atoms with van der Waals surface area (Å²) in [5.74, 6) is 0.174. The summed E-state index contributed by atoms with van der Waals surface area (Å²) in [6.07, 6.45) is 0. The zero-order valence-electron chi connectivity index (χ0n) is 9.32. The normalized spacial score (nSPS) is 12.2. The minimum Gasteiger partial charge on any atom is -0.342 e. The van der Waals surface area contributed by atoms with Gasteiger partial charge in [0.1, 0.15) is 0 Å². The van der Waals surface area contributed by atoms with E-state index in [9.17, 15) is 4.79 Å². The van der Waals surface area contributed by atoms with Crippen LogP contribution >= 0.6 is 27.5 Å². The van der Waals surface area contributed by atoms with E-state index >= 15 is 0 Å². The summed E-state index contributed by atoms with van der Waals surface area (Å²) in [5, 5.41) is 16.6. The summed E-state index contributed by atoms with van der Waals surface area (Å²) >= 11 is 9.19. The van der Waals surface area contributed by atoms with E-state index in [2.05, 4.69) is 41.9 Å². The van der Waals surface area contributed by atoms with Crippen molar-refractivity contribution in [1.29, 1.82) is 0 Å². The average molecular weight is 331 g/mol. The summed E-state index contributed by atoms with van der Waals surface area (Å²) in [5.41, 5.74) is 0.471. The summed E-state index contributed by atoms with van der Waals surface area (Å²) in [4.78, 5) is 11.9. The SMILES string of the molecule is CC(NC(=O)c1ccc(Br)c(Cl)c1)c1nn[nH]n1. The molecule has 2 rings (SSSR count). The molecule has 0 fully saturated rings. The molecule has 2 N–H and O–H groups in total. The maximum Gasteiger partial charge on any atom is 0.251 e. The standard InChI is InChI=1S/C10H9BrClN5O/c1-5(9-14-16-17-15-9)13-10(18)6-2-3-7(11)8(12)4-6/h2-5H,1H3,(H,13,18)(H,14,15,16,17). The lowest BCUT2D eigenvalue weighted by Crippen LogP contribution is -2.27. The monoisotopic (exact) mass is 329 g/mol. The first-order chi connectivity index (χ1) is 8.58. The molecule has 1 aromatic heterocycles. The highest BCUT2D eigenvalue weighted by Crippen LogP contribution is 2.23. The van der Waals surface area contributed by atoms with Crippen molar-refractivity contribution in [3.05, 3.63) is 39.1 Å². The van der Waals surface area contributed by atoms with Crippen molar-refractivity contribution in [3.8, 4) is 0 Å². The Morgan fingerprint density at radius 1 is 1.56 bits per heavy atom. The van der Waals surface area contributed by atoms with Crippen LogP contribution < -0.4 is 5.32 Å². The maximum absolute atomic E-state index is 11.9. The molecule has 1 atom stereocenters. The molecule has 2 aromatic rings. The summed E-state index contributed by atoms with van der Waals surface area (Å²) < 4.78 is 0.743. The quantitative estimate of drug-likeness (QED) is 0.903. The molecular weight excluding hydrogens is 322 g/mol. The molecule has 0 bridgehead atoms. The number of halogens is 2. The van der Waals surface area contributed by atoms with E-state index < -0.39 is 0 Å². The van der Waals surface area contributed by atoms with Gasteiger partial charge in [-0.3, -0.25) is 4.79 Å². The second-order valence-corrected chi connectivity index (χ2v) is 4.86. The first kappa shape index (κ1) is 13.0. The molecule has 0 radical (unpaired) electrons. The number of tetrazole rings is 1. The van der Waals surface area contributed by atoms with Crippen LogP contribution in [0.5, 0.6) is 0 Å².